The van der Waals surface area contributed by atoms with Crippen LogP contribution in [-0.2, 0) is 11.3 Å². The lowest BCUT2D eigenvalue weighted by molar-refractivity contribution is -0.139. The van der Waals surface area contributed by atoms with Gasteiger partial charge in [0.2, 0.25) is 0 Å². The first-order valence-corrected chi connectivity index (χ1v) is 7.16. The summed E-state index contributed by atoms with van der Waals surface area (Å²) in [4.78, 5) is 27.6. The summed E-state index contributed by atoms with van der Waals surface area (Å²) in [5.74, 6) is -1.09. The van der Waals surface area contributed by atoms with Gasteiger partial charge in [0.1, 0.15) is 0 Å². The number of hydrogen-bond donors (Lipinski definition) is 3. The van der Waals surface area contributed by atoms with E-state index in [1.165, 1.54) is 11.3 Å². The van der Waals surface area contributed by atoms with Crippen molar-refractivity contribution >= 4 is 23.3 Å². The monoisotopic (exact) mass is 305 g/mol. The molecule has 0 aliphatic rings. The summed E-state index contributed by atoms with van der Waals surface area (Å²) in [5.41, 5.74) is 1.90. The van der Waals surface area contributed by atoms with Crippen molar-refractivity contribution in [1.82, 2.24) is 15.6 Å². The van der Waals surface area contributed by atoms with Gasteiger partial charge in [0.25, 0.3) is 0 Å². The van der Waals surface area contributed by atoms with Crippen molar-refractivity contribution in [2.45, 2.75) is 19.5 Å². The Balaban J connectivity index is 1.94. The molecule has 110 valence electrons. The van der Waals surface area contributed by atoms with E-state index in [9.17, 15) is 14.7 Å². The minimum absolute atomic E-state index is 0.294. The average molecular weight is 305 g/mol. The summed E-state index contributed by atoms with van der Waals surface area (Å²) in [5, 5.41) is 16.0. The number of hydrogen-bond acceptors (Lipinski definition) is 4. The number of pyridine rings is 1. The smallest absolute Gasteiger partial charge is 0.331 e. The van der Waals surface area contributed by atoms with Gasteiger partial charge < -0.3 is 15.7 Å². The fourth-order valence-corrected chi connectivity index (χ4v) is 2.52. The number of nitrogens with one attached hydrogen (secondary N) is 2. The fourth-order valence-electron chi connectivity index (χ4n) is 1.75. The number of carbonyl (C=O) groups is 2. The van der Waals surface area contributed by atoms with E-state index in [-0.39, 0.29) is 0 Å². The van der Waals surface area contributed by atoms with Crippen LogP contribution in [0, 0.1) is 6.92 Å². The van der Waals surface area contributed by atoms with E-state index in [1.54, 1.807) is 29.9 Å². The van der Waals surface area contributed by atoms with Crippen LogP contribution in [-0.4, -0.2) is 22.1 Å². The molecule has 1 unspecified atom stereocenters. The number of carboxylic acid groups (broad SMARTS) is 1. The molecule has 0 fully saturated rings. The van der Waals surface area contributed by atoms with Crippen LogP contribution in [0.2, 0.25) is 0 Å². The van der Waals surface area contributed by atoms with Crippen LogP contribution in [0.4, 0.5) is 4.79 Å². The van der Waals surface area contributed by atoms with Crippen LogP contribution in [0.1, 0.15) is 22.0 Å². The number of amides is 2. The Morgan fingerprint density at radius 3 is 2.86 bits per heavy atom. The first-order valence-electron chi connectivity index (χ1n) is 6.28. The molecular formula is C14H15N3O3S. The Morgan fingerprint density at radius 2 is 2.24 bits per heavy atom. The molecule has 0 radical (unpaired) electrons. The third kappa shape index (κ3) is 4.03. The highest BCUT2D eigenvalue weighted by Crippen LogP contribution is 2.19. The third-order valence-corrected chi connectivity index (χ3v) is 3.87. The Labute approximate surface area is 125 Å². The number of urea groups is 1. The lowest BCUT2D eigenvalue weighted by Gasteiger charge is -2.14. The molecule has 0 bridgehead atoms. The van der Waals surface area contributed by atoms with Crippen molar-refractivity contribution in [3.8, 4) is 0 Å². The number of carboxylic acids is 1. The van der Waals surface area contributed by atoms with Crippen LogP contribution in [0.15, 0.2) is 36.0 Å². The molecule has 0 aliphatic carbocycles. The number of thiophene rings is 1. The van der Waals surface area contributed by atoms with E-state index in [0.717, 1.165) is 11.1 Å². The van der Waals surface area contributed by atoms with E-state index in [4.69, 9.17) is 0 Å². The topological polar surface area (TPSA) is 91.3 Å². The summed E-state index contributed by atoms with van der Waals surface area (Å²) in [7, 11) is 0. The second-order valence-electron chi connectivity index (χ2n) is 4.42. The molecule has 2 heterocycles. The maximum absolute atomic E-state index is 11.8. The highest BCUT2D eigenvalue weighted by atomic mass is 32.1. The lowest BCUT2D eigenvalue weighted by atomic mass is 10.2. The van der Waals surface area contributed by atoms with Gasteiger partial charge in [-0.2, -0.15) is 0 Å². The molecule has 3 N–H and O–H groups in total. The van der Waals surface area contributed by atoms with Gasteiger partial charge >= 0.3 is 12.0 Å². The third-order valence-electron chi connectivity index (χ3n) is 2.94. The van der Waals surface area contributed by atoms with E-state index >= 15 is 0 Å². The molecular weight excluding hydrogens is 290 g/mol. The summed E-state index contributed by atoms with van der Waals surface area (Å²) in [6, 6.07) is 3.70. The molecule has 0 aliphatic heterocycles. The number of aryl methyl sites for hydroxylation is 1. The van der Waals surface area contributed by atoms with Crippen LogP contribution >= 0.6 is 11.3 Å². The quantitative estimate of drug-likeness (QED) is 0.788. The predicted molar refractivity (Wildman–Crippen MR) is 79.0 cm³/mol. The van der Waals surface area contributed by atoms with Gasteiger partial charge in [-0.05, 0) is 35.6 Å². The predicted octanol–water partition coefficient (Wildman–Crippen LogP) is 2.08. The summed E-state index contributed by atoms with van der Waals surface area (Å²) < 4.78 is 0. The molecule has 0 aromatic carbocycles. The second kappa shape index (κ2) is 6.85. The van der Waals surface area contributed by atoms with Gasteiger partial charge in [0, 0.05) is 23.8 Å². The molecule has 7 heteroatoms. The molecule has 2 aromatic rings. The van der Waals surface area contributed by atoms with Crippen molar-refractivity contribution < 1.29 is 14.7 Å². The van der Waals surface area contributed by atoms with Crippen molar-refractivity contribution in [2.24, 2.45) is 0 Å². The zero-order chi connectivity index (χ0) is 15.2. The lowest BCUT2D eigenvalue weighted by Crippen LogP contribution is -2.40. The zero-order valence-electron chi connectivity index (χ0n) is 11.4. The molecule has 2 rings (SSSR count). The van der Waals surface area contributed by atoms with Gasteiger partial charge in [0.15, 0.2) is 6.04 Å². The van der Waals surface area contributed by atoms with Gasteiger partial charge in [0.05, 0.1) is 0 Å². The van der Waals surface area contributed by atoms with E-state index in [0.29, 0.717) is 11.4 Å². The Morgan fingerprint density at radius 1 is 1.43 bits per heavy atom. The first kappa shape index (κ1) is 15.0. The van der Waals surface area contributed by atoms with Crippen LogP contribution in [0.25, 0.3) is 0 Å². The highest BCUT2D eigenvalue weighted by Gasteiger charge is 2.22. The Kier molecular flexibility index (Phi) is 4.89. The van der Waals surface area contributed by atoms with E-state index in [2.05, 4.69) is 15.6 Å². The van der Waals surface area contributed by atoms with Crippen molar-refractivity contribution in [1.29, 1.82) is 0 Å². The minimum atomic E-state index is -1.09. The standard InChI is InChI=1S/C14H15N3O3S/c1-9-4-5-15-7-10(9)8-16-14(20)17-12(13(18)19)11-3-2-6-21-11/h2-7,12H,8H2,1H3,(H,18,19)(H2,16,17,20). The zero-order valence-corrected chi connectivity index (χ0v) is 12.2. The Bertz CT molecular complexity index is 628. The number of rotatable bonds is 5. The van der Waals surface area contributed by atoms with Crippen LogP contribution < -0.4 is 10.6 Å². The molecule has 2 amide bonds. The fraction of sp³-hybridized carbons (Fsp3) is 0.214. The van der Waals surface area contributed by atoms with E-state index in [1.807, 2.05) is 13.0 Å². The van der Waals surface area contributed by atoms with Gasteiger partial charge in [-0.15, -0.1) is 11.3 Å². The summed E-state index contributed by atoms with van der Waals surface area (Å²) in [6.45, 7) is 2.21. The number of carbonyl (C=O) groups excluding carboxylic acids is 1. The number of aromatic nitrogens is 1. The Hall–Kier alpha value is -2.41. The maximum atomic E-state index is 11.8. The molecule has 0 saturated carbocycles. The molecule has 21 heavy (non-hydrogen) atoms. The van der Waals surface area contributed by atoms with Crippen molar-refractivity contribution in [2.75, 3.05) is 0 Å². The first-order chi connectivity index (χ1) is 10.1. The highest BCUT2D eigenvalue weighted by molar-refractivity contribution is 7.10. The van der Waals surface area contributed by atoms with Gasteiger partial charge in [-0.1, -0.05) is 6.07 Å². The number of aliphatic carboxylic acids is 1. The summed E-state index contributed by atoms with van der Waals surface area (Å²) in [6.07, 6.45) is 3.35. The van der Waals surface area contributed by atoms with Crippen LogP contribution in [0.3, 0.4) is 0 Å². The molecule has 1 atom stereocenters. The second-order valence-corrected chi connectivity index (χ2v) is 5.40. The van der Waals surface area contributed by atoms with Crippen molar-refractivity contribution in [3.63, 3.8) is 0 Å². The van der Waals surface area contributed by atoms with Gasteiger partial charge in [-0.25, -0.2) is 9.59 Å². The molecule has 2 aromatic heterocycles. The maximum Gasteiger partial charge on any atom is 0.331 e. The van der Waals surface area contributed by atoms with Crippen LogP contribution in [0.5, 0.6) is 0 Å². The molecule has 0 saturated heterocycles. The van der Waals surface area contributed by atoms with E-state index < -0.39 is 18.0 Å². The normalized spacial score (nSPS) is 11.7. The van der Waals surface area contributed by atoms with Crippen molar-refractivity contribution in [3.05, 3.63) is 52.0 Å². The molecule has 6 nitrogen and oxygen atoms in total. The van der Waals surface area contributed by atoms with Gasteiger partial charge in [-0.3, -0.25) is 4.98 Å². The molecule has 0 spiro atoms. The SMILES string of the molecule is Cc1ccncc1CNC(=O)NC(C(=O)O)c1cccs1. The number of nitrogens with zero attached hydrogens (tertiary/aromatic N) is 1. The summed E-state index contributed by atoms with van der Waals surface area (Å²) >= 11 is 1.28. The largest absolute Gasteiger partial charge is 0.479 e. The minimum Gasteiger partial charge on any atom is -0.479 e. The average Bonchev–Trinajstić information content (AvgIpc) is 2.97.